The Bertz CT molecular complexity index is 645. The second-order valence-corrected chi connectivity index (χ2v) is 5.72. The monoisotopic (exact) mass is 362 g/mol. The van der Waals surface area contributed by atoms with Gasteiger partial charge in [-0.1, -0.05) is 36.4 Å². The van der Waals surface area contributed by atoms with Gasteiger partial charge in [0.2, 0.25) is 0 Å². The molecule has 0 aliphatic heterocycles. The average molecular weight is 362 g/mol. The van der Waals surface area contributed by atoms with E-state index in [1.54, 1.807) is 64.1 Å². The third kappa shape index (κ3) is 8.96. The molecule has 142 valence electrons. The lowest BCUT2D eigenvalue weighted by atomic mass is 10.1. The topological polar surface area (TPSA) is 115 Å². The summed E-state index contributed by atoms with van der Waals surface area (Å²) in [6, 6.07) is 13.8. The van der Waals surface area contributed by atoms with E-state index in [0.717, 1.165) is 11.1 Å². The Morgan fingerprint density at radius 3 is 1.12 bits per heavy atom. The Morgan fingerprint density at radius 2 is 0.962 bits per heavy atom. The predicted octanol–water partition coefficient (Wildman–Crippen LogP) is 3.13. The lowest BCUT2D eigenvalue weighted by Gasteiger charge is -2.03. The van der Waals surface area contributed by atoms with Crippen molar-refractivity contribution in [1.29, 1.82) is 0 Å². The number of carbonyl (C=O) groups is 2. The molecule has 4 N–H and O–H groups in total. The van der Waals surface area contributed by atoms with Crippen LogP contribution in [0.2, 0.25) is 0 Å². The van der Waals surface area contributed by atoms with E-state index in [9.17, 15) is 9.59 Å². The van der Waals surface area contributed by atoms with Crippen molar-refractivity contribution in [3.05, 3.63) is 70.8 Å². The first-order chi connectivity index (χ1) is 12.1. The van der Waals surface area contributed by atoms with E-state index in [1.165, 1.54) is 0 Å². The van der Waals surface area contributed by atoms with E-state index in [0.29, 0.717) is 11.1 Å². The van der Waals surface area contributed by atoms with Gasteiger partial charge >= 0.3 is 11.9 Å². The van der Waals surface area contributed by atoms with E-state index < -0.39 is 24.1 Å². The molecule has 6 heteroatoms. The fraction of sp³-hybridized carbons (Fsp3) is 0.300. The van der Waals surface area contributed by atoms with Crippen LogP contribution < -0.4 is 0 Å². The molecule has 26 heavy (non-hydrogen) atoms. The van der Waals surface area contributed by atoms with Crippen LogP contribution in [0.3, 0.4) is 0 Å². The van der Waals surface area contributed by atoms with Gasteiger partial charge < -0.3 is 20.4 Å². The number of aliphatic hydroxyl groups excluding tert-OH is 2. The smallest absolute Gasteiger partial charge is 0.335 e. The number of carboxylic acid groups (broad SMARTS) is 2. The van der Waals surface area contributed by atoms with E-state index in [-0.39, 0.29) is 0 Å². The molecule has 2 aromatic rings. The molecule has 0 aromatic heterocycles. The summed E-state index contributed by atoms with van der Waals surface area (Å²) in [5.74, 6) is -1.73. The van der Waals surface area contributed by atoms with Gasteiger partial charge in [-0.05, 0) is 51.0 Å². The second kappa shape index (κ2) is 11.8. The maximum Gasteiger partial charge on any atom is 0.335 e. The van der Waals surface area contributed by atoms with Crippen LogP contribution in [0.4, 0.5) is 0 Å². The van der Waals surface area contributed by atoms with Crippen LogP contribution >= 0.6 is 0 Å². The Labute approximate surface area is 153 Å². The lowest BCUT2D eigenvalue weighted by molar-refractivity contribution is 0.0438. The number of hydrogen-bond acceptors (Lipinski definition) is 4. The van der Waals surface area contributed by atoms with Crippen LogP contribution in [0.15, 0.2) is 48.5 Å². The highest BCUT2D eigenvalue weighted by Crippen LogP contribution is 2.06. The van der Waals surface area contributed by atoms with Crippen LogP contribution in [-0.4, -0.2) is 44.6 Å². The van der Waals surface area contributed by atoms with Crippen LogP contribution in [0, 0.1) is 13.8 Å². The highest BCUT2D eigenvalue weighted by molar-refractivity contribution is 5.89. The summed E-state index contributed by atoms with van der Waals surface area (Å²) in [4.78, 5) is 20.8. The first kappa shape index (κ1) is 23.3. The zero-order valence-corrected chi connectivity index (χ0v) is 15.4. The van der Waals surface area contributed by atoms with Gasteiger partial charge in [0, 0.05) is 0 Å². The number of benzene rings is 2. The number of aliphatic hydroxyl groups is 2. The Hall–Kier alpha value is -2.70. The molecular weight excluding hydrogens is 336 g/mol. The zero-order valence-electron chi connectivity index (χ0n) is 15.4. The quantitative estimate of drug-likeness (QED) is 0.667. The molecule has 0 heterocycles. The molecule has 0 spiro atoms. The van der Waals surface area contributed by atoms with Crippen LogP contribution in [0.5, 0.6) is 0 Å². The van der Waals surface area contributed by atoms with Crippen molar-refractivity contribution in [2.75, 3.05) is 0 Å². The van der Waals surface area contributed by atoms with Crippen LogP contribution in [0.1, 0.15) is 45.7 Å². The summed E-state index contributed by atoms with van der Waals surface area (Å²) in [6.07, 6.45) is -1.19. The summed E-state index contributed by atoms with van der Waals surface area (Å²) in [6.45, 7) is 6.66. The summed E-state index contributed by atoms with van der Waals surface area (Å²) < 4.78 is 0. The minimum Gasteiger partial charge on any atom is -0.478 e. The van der Waals surface area contributed by atoms with Crippen LogP contribution in [-0.2, 0) is 0 Å². The molecule has 2 aromatic carbocycles. The third-order valence-electron chi connectivity index (χ3n) is 3.45. The third-order valence-corrected chi connectivity index (χ3v) is 3.45. The number of aromatic carboxylic acids is 2. The zero-order chi connectivity index (χ0) is 20.3. The van der Waals surface area contributed by atoms with Gasteiger partial charge in [-0.15, -0.1) is 0 Å². The van der Waals surface area contributed by atoms with Gasteiger partial charge in [-0.25, -0.2) is 9.59 Å². The van der Waals surface area contributed by atoms with Crippen molar-refractivity contribution in [3.63, 3.8) is 0 Å². The number of aryl methyl sites for hydroxylation is 2. The van der Waals surface area contributed by atoms with Gasteiger partial charge in [0.15, 0.2) is 0 Å². The Balaban J connectivity index is 0.000000375. The standard InChI is InChI=1S/2C8H8O2.C4H10O2/c2*1-6-4-2-3-5-7(6)8(9)10;1-3(5)4(2)6/h2*2-5H,1H3,(H,9,10);3-6H,1-2H3. The molecule has 6 nitrogen and oxygen atoms in total. The van der Waals surface area contributed by atoms with Gasteiger partial charge in [-0.2, -0.15) is 0 Å². The molecule has 0 fully saturated rings. The Kier molecular flexibility index (Phi) is 10.6. The Morgan fingerprint density at radius 1 is 0.692 bits per heavy atom. The first-order valence-electron chi connectivity index (χ1n) is 8.01. The van der Waals surface area contributed by atoms with Crippen molar-refractivity contribution in [1.82, 2.24) is 0 Å². The maximum atomic E-state index is 10.4. The van der Waals surface area contributed by atoms with Gasteiger partial charge in [-0.3, -0.25) is 0 Å². The number of rotatable bonds is 3. The lowest BCUT2D eigenvalue weighted by Crippen LogP contribution is -2.17. The van der Waals surface area contributed by atoms with Crippen LogP contribution in [0.25, 0.3) is 0 Å². The summed E-state index contributed by atoms with van der Waals surface area (Å²) in [7, 11) is 0. The fourth-order valence-corrected chi connectivity index (χ4v) is 1.63. The molecule has 0 radical (unpaired) electrons. The van der Waals surface area contributed by atoms with Gasteiger partial charge in [0.1, 0.15) is 0 Å². The van der Waals surface area contributed by atoms with E-state index in [1.807, 2.05) is 12.1 Å². The van der Waals surface area contributed by atoms with E-state index in [2.05, 4.69) is 0 Å². The highest BCUT2D eigenvalue weighted by atomic mass is 16.4. The number of hydrogen-bond donors (Lipinski definition) is 4. The molecule has 2 unspecified atom stereocenters. The SMILES string of the molecule is CC(O)C(C)O.Cc1ccccc1C(=O)O.Cc1ccccc1C(=O)O. The average Bonchev–Trinajstić information content (AvgIpc) is 2.56. The minimum absolute atomic E-state index is 0.377. The van der Waals surface area contributed by atoms with Gasteiger partial charge in [0.05, 0.1) is 23.3 Å². The van der Waals surface area contributed by atoms with Crippen molar-refractivity contribution in [3.8, 4) is 0 Å². The highest BCUT2D eigenvalue weighted by Gasteiger charge is 2.03. The van der Waals surface area contributed by atoms with Gasteiger partial charge in [0.25, 0.3) is 0 Å². The maximum absolute atomic E-state index is 10.4. The summed E-state index contributed by atoms with van der Waals surface area (Å²) in [5, 5.41) is 33.9. The molecule has 2 atom stereocenters. The molecule has 0 aliphatic carbocycles. The normalized spacial score (nSPS) is 11.8. The number of carboxylic acids is 2. The van der Waals surface area contributed by atoms with Crippen molar-refractivity contribution >= 4 is 11.9 Å². The molecule has 2 rings (SSSR count). The fourth-order valence-electron chi connectivity index (χ4n) is 1.63. The molecular formula is C20H26O6. The van der Waals surface area contributed by atoms with Crippen molar-refractivity contribution < 1.29 is 30.0 Å². The summed E-state index contributed by atoms with van der Waals surface area (Å²) in [5.41, 5.74) is 2.36. The molecule has 0 saturated heterocycles. The predicted molar refractivity (Wildman–Crippen MR) is 99.6 cm³/mol. The van der Waals surface area contributed by atoms with E-state index in [4.69, 9.17) is 20.4 Å². The molecule has 0 saturated carbocycles. The van der Waals surface area contributed by atoms with Crippen molar-refractivity contribution in [2.45, 2.75) is 39.9 Å². The molecule has 0 amide bonds. The minimum atomic E-state index is -0.863. The molecule has 0 bridgehead atoms. The largest absolute Gasteiger partial charge is 0.478 e. The van der Waals surface area contributed by atoms with Crippen molar-refractivity contribution in [2.24, 2.45) is 0 Å². The molecule has 0 aliphatic rings. The first-order valence-corrected chi connectivity index (χ1v) is 8.01. The van der Waals surface area contributed by atoms with E-state index >= 15 is 0 Å². The second-order valence-electron chi connectivity index (χ2n) is 5.72. The summed E-state index contributed by atoms with van der Waals surface area (Å²) >= 11 is 0.